The molecule has 2 N–H and O–H groups in total. The van der Waals surface area contributed by atoms with Crippen LogP contribution < -0.4 is 16.2 Å². The number of fused-ring (bicyclic) bond motifs is 1. The van der Waals surface area contributed by atoms with Gasteiger partial charge in [-0.25, -0.2) is 4.98 Å². The van der Waals surface area contributed by atoms with E-state index in [-0.39, 0.29) is 5.56 Å². The largest absolute Gasteiger partial charge is 0.324 e. The van der Waals surface area contributed by atoms with E-state index in [9.17, 15) is 4.79 Å². The molecule has 5 aromatic rings. The quantitative estimate of drug-likeness (QED) is 0.260. The summed E-state index contributed by atoms with van der Waals surface area (Å²) >= 11 is 8.21. The maximum Gasteiger partial charge on any atom is 0.260 e. The van der Waals surface area contributed by atoms with Gasteiger partial charge in [-0.15, -0.1) is 11.3 Å². The molecule has 0 saturated heterocycles. The third kappa shape index (κ3) is 4.74. The highest BCUT2D eigenvalue weighted by Gasteiger charge is 2.16. The fraction of sp³-hybridized carbons (Fsp3) is 0.172. The number of thiazole rings is 1. The summed E-state index contributed by atoms with van der Waals surface area (Å²) in [5.41, 5.74) is 7.86. The Morgan fingerprint density at radius 3 is 2.63 bits per heavy atom. The third-order valence-corrected chi connectivity index (χ3v) is 7.83. The van der Waals surface area contributed by atoms with Crippen LogP contribution in [-0.2, 0) is 6.54 Å². The fourth-order valence-electron chi connectivity index (χ4n) is 4.73. The molecule has 0 saturated carbocycles. The van der Waals surface area contributed by atoms with Crippen molar-refractivity contribution < 1.29 is 0 Å². The molecular weight excluding hydrogens is 516 g/mol. The van der Waals surface area contributed by atoms with Crippen LogP contribution in [0.15, 0.2) is 77.3 Å². The van der Waals surface area contributed by atoms with Gasteiger partial charge in [-0.05, 0) is 60.9 Å². The molecule has 0 spiro atoms. The summed E-state index contributed by atoms with van der Waals surface area (Å²) in [6.07, 6.45) is 6.81. The van der Waals surface area contributed by atoms with E-state index in [1.54, 1.807) is 33.8 Å². The monoisotopic (exact) mass is 540 g/mol. The van der Waals surface area contributed by atoms with Crippen LogP contribution in [0.1, 0.15) is 18.9 Å². The highest BCUT2D eigenvalue weighted by molar-refractivity contribution is 7.13. The minimum atomic E-state index is -0.142. The van der Waals surface area contributed by atoms with E-state index >= 15 is 0 Å². The van der Waals surface area contributed by atoms with E-state index in [1.807, 2.05) is 43.3 Å². The van der Waals surface area contributed by atoms with Crippen LogP contribution in [0, 0.1) is 0 Å². The number of pyridine rings is 1. The number of anilines is 2. The predicted molar refractivity (Wildman–Crippen MR) is 156 cm³/mol. The molecule has 0 bridgehead atoms. The zero-order chi connectivity index (χ0) is 26.1. The predicted octanol–water partition coefficient (Wildman–Crippen LogP) is 6.38. The van der Waals surface area contributed by atoms with E-state index in [4.69, 9.17) is 16.6 Å². The van der Waals surface area contributed by atoms with Crippen LogP contribution in [0.3, 0.4) is 0 Å². The molecule has 0 radical (unpaired) electrons. The average Bonchev–Trinajstić information content (AvgIpc) is 3.49. The summed E-state index contributed by atoms with van der Waals surface area (Å²) < 4.78 is 1.66. The van der Waals surface area contributed by atoms with Crippen molar-refractivity contribution in [1.29, 1.82) is 0 Å². The van der Waals surface area contributed by atoms with Gasteiger partial charge in [0.15, 0.2) is 0 Å². The highest BCUT2D eigenvalue weighted by Crippen LogP contribution is 2.33. The van der Waals surface area contributed by atoms with E-state index in [1.165, 1.54) is 11.1 Å². The second kappa shape index (κ2) is 10.5. The molecule has 1 aliphatic rings. The lowest BCUT2D eigenvalue weighted by Crippen LogP contribution is -2.22. The molecule has 7 nitrogen and oxygen atoms in total. The Labute approximate surface area is 228 Å². The Balaban J connectivity index is 1.32. The molecule has 0 atom stereocenters. The maximum absolute atomic E-state index is 13.5. The van der Waals surface area contributed by atoms with E-state index in [0.29, 0.717) is 34.3 Å². The first-order chi connectivity index (χ1) is 18.6. The smallest absolute Gasteiger partial charge is 0.260 e. The average molecular weight is 541 g/mol. The first-order valence-electron chi connectivity index (χ1n) is 12.5. The van der Waals surface area contributed by atoms with Gasteiger partial charge in [0.25, 0.3) is 5.56 Å². The molecule has 0 aliphatic carbocycles. The molecule has 1 aliphatic heterocycles. The van der Waals surface area contributed by atoms with Crippen LogP contribution in [0.2, 0.25) is 5.02 Å². The summed E-state index contributed by atoms with van der Waals surface area (Å²) in [6, 6.07) is 15.8. The Kier molecular flexibility index (Phi) is 6.76. The number of hydrogen-bond acceptors (Lipinski definition) is 7. The topological polar surface area (TPSA) is 84.7 Å². The van der Waals surface area contributed by atoms with Gasteiger partial charge in [0.05, 0.1) is 10.4 Å². The lowest BCUT2D eigenvalue weighted by Gasteiger charge is -2.15. The normalized spacial score (nSPS) is 13.5. The number of halogens is 1. The number of aryl methyl sites for hydroxylation is 1. The number of hydrogen-bond donors (Lipinski definition) is 2. The molecule has 2 aromatic carbocycles. The second-order valence-corrected chi connectivity index (χ2v) is 10.3. The molecule has 0 unspecified atom stereocenters. The number of benzene rings is 2. The van der Waals surface area contributed by atoms with Crippen molar-refractivity contribution in [1.82, 2.24) is 24.8 Å². The van der Waals surface area contributed by atoms with Crippen LogP contribution in [-0.4, -0.2) is 32.6 Å². The van der Waals surface area contributed by atoms with Crippen molar-refractivity contribution in [3.05, 3.63) is 93.5 Å². The standard InChI is InChI=1S/C29H25ClN6OS/c1-2-36-27-21(13-24(28(36)37)23-8-5-20(14-25(23)30)26-16-32-17-38-26)15-33-29(35-27)34-22-6-3-18(4-7-22)19-9-11-31-12-10-19/h3-9,13-17,31H,2,10-12H2,1H3,(H,33,34,35). The van der Waals surface area contributed by atoms with Crippen LogP contribution in [0.5, 0.6) is 0 Å². The molecule has 9 heteroatoms. The van der Waals surface area contributed by atoms with Gasteiger partial charge in [-0.2, -0.15) is 4.98 Å². The lowest BCUT2D eigenvalue weighted by atomic mass is 10.0. The van der Waals surface area contributed by atoms with Gasteiger partial charge in [-0.3, -0.25) is 14.3 Å². The van der Waals surface area contributed by atoms with E-state index < -0.39 is 0 Å². The Morgan fingerprint density at radius 2 is 1.92 bits per heavy atom. The molecule has 190 valence electrons. The molecule has 38 heavy (non-hydrogen) atoms. The van der Waals surface area contributed by atoms with Gasteiger partial charge >= 0.3 is 0 Å². The summed E-state index contributed by atoms with van der Waals surface area (Å²) in [5.74, 6) is 0.438. The minimum Gasteiger partial charge on any atom is -0.324 e. The molecule has 3 aromatic heterocycles. The zero-order valence-corrected chi connectivity index (χ0v) is 22.3. The second-order valence-electron chi connectivity index (χ2n) is 9.03. The minimum absolute atomic E-state index is 0.142. The number of aromatic nitrogens is 4. The number of rotatable bonds is 6. The van der Waals surface area contributed by atoms with Crippen LogP contribution in [0.25, 0.3) is 38.2 Å². The Morgan fingerprint density at radius 1 is 1.08 bits per heavy atom. The molecular formula is C29H25ClN6OS. The fourth-order valence-corrected chi connectivity index (χ4v) is 5.63. The van der Waals surface area contributed by atoms with Gasteiger partial charge < -0.3 is 10.6 Å². The third-order valence-electron chi connectivity index (χ3n) is 6.70. The first-order valence-corrected chi connectivity index (χ1v) is 13.7. The van der Waals surface area contributed by atoms with Crippen molar-refractivity contribution in [2.24, 2.45) is 0 Å². The van der Waals surface area contributed by atoms with Crippen LogP contribution >= 0.6 is 22.9 Å². The van der Waals surface area contributed by atoms with E-state index in [2.05, 4.69) is 38.8 Å². The van der Waals surface area contributed by atoms with Crippen molar-refractivity contribution in [2.45, 2.75) is 19.9 Å². The van der Waals surface area contributed by atoms with Gasteiger partial charge in [-0.1, -0.05) is 41.9 Å². The van der Waals surface area contributed by atoms with Gasteiger partial charge in [0.2, 0.25) is 5.95 Å². The highest BCUT2D eigenvalue weighted by atomic mass is 35.5. The van der Waals surface area contributed by atoms with Crippen molar-refractivity contribution in [3.63, 3.8) is 0 Å². The summed E-state index contributed by atoms with van der Waals surface area (Å²) in [7, 11) is 0. The first kappa shape index (κ1) is 24.5. The zero-order valence-electron chi connectivity index (χ0n) is 20.7. The maximum atomic E-state index is 13.5. The molecule has 4 heterocycles. The van der Waals surface area contributed by atoms with Crippen molar-refractivity contribution >= 4 is 51.2 Å². The summed E-state index contributed by atoms with van der Waals surface area (Å²) in [6.45, 7) is 4.31. The summed E-state index contributed by atoms with van der Waals surface area (Å²) in [4.78, 5) is 27.9. The molecule has 0 amide bonds. The van der Waals surface area contributed by atoms with Crippen molar-refractivity contribution in [2.75, 3.05) is 18.4 Å². The molecule has 6 rings (SSSR count). The van der Waals surface area contributed by atoms with Gasteiger partial charge in [0, 0.05) is 52.7 Å². The lowest BCUT2D eigenvalue weighted by molar-refractivity contribution is 0.738. The Hall–Kier alpha value is -3.85. The number of nitrogens with zero attached hydrogens (tertiary/aromatic N) is 4. The van der Waals surface area contributed by atoms with Crippen LogP contribution in [0.4, 0.5) is 11.6 Å². The number of nitrogens with one attached hydrogen (secondary N) is 2. The van der Waals surface area contributed by atoms with Crippen molar-refractivity contribution in [3.8, 4) is 21.6 Å². The molecule has 0 fully saturated rings. The van der Waals surface area contributed by atoms with Gasteiger partial charge in [0.1, 0.15) is 5.65 Å². The van der Waals surface area contributed by atoms with E-state index in [0.717, 1.165) is 41.0 Å². The summed E-state index contributed by atoms with van der Waals surface area (Å²) in [5, 5.41) is 7.90. The SMILES string of the molecule is CCn1c(=O)c(-c2ccc(-c3cncs3)cc2Cl)cc2cnc(Nc3ccc(C4=CCNCC4)cc3)nc21. The Bertz CT molecular complexity index is 1710.